The number of aromatic nitrogens is 1. The highest BCUT2D eigenvalue weighted by Crippen LogP contribution is 2.20. The second-order valence-electron chi connectivity index (χ2n) is 8.67. The van der Waals surface area contributed by atoms with Gasteiger partial charge in [0.2, 0.25) is 0 Å². The summed E-state index contributed by atoms with van der Waals surface area (Å²) in [4.78, 5) is 28.4. The molecule has 8 heteroatoms. The fourth-order valence-corrected chi connectivity index (χ4v) is 4.45. The number of amides is 2. The van der Waals surface area contributed by atoms with Crippen molar-refractivity contribution in [3.63, 3.8) is 0 Å². The van der Waals surface area contributed by atoms with Crippen LogP contribution < -0.4 is 15.6 Å². The van der Waals surface area contributed by atoms with Gasteiger partial charge in [-0.3, -0.25) is 9.59 Å². The number of carbonyl (C=O) groups excluding carboxylic acids is 2. The van der Waals surface area contributed by atoms with Crippen molar-refractivity contribution in [3.05, 3.63) is 106 Å². The van der Waals surface area contributed by atoms with Gasteiger partial charge in [0.25, 0.3) is 11.8 Å². The molecule has 1 aromatic heterocycles. The van der Waals surface area contributed by atoms with Crippen LogP contribution in [0.5, 0.6) is 0 Å². The molecule has 4 rings (SSSR count). The predicted molar refractivity (Wildman–Crippen MR) is 156 cm³/mol. The Kier molecular flexibility index (Phi) is 8.61. The van der Waals surface area contributed by atoms with Crippen LogP contribution in [-0.2, 0) is 11.8 Å². The lowest BCUT2D eigenvalue weighted by molar-refractivity contribution is -0.117. The molecule has 0 aliphatic carbocycles. The summed E-state index contributed by atoms with van der Waals surface area (Å²) < 4.78 is 2.00. The molecule has 0 aliphatic heterocycles. The van der Waals surface area contributed by atoms with Crippen LogP contribution in [0, 0.1) is 0 Å². The number of halogens is 1. The normalized spacial score (nSPS) is 11.6. The van der Waals surface area contributed by atoms with Crippen molar-refractivity contribution in [1.29, 1.82) is 0 Å². The van der Waals surface area contributed by atoms with Gasteiger partial charge in [0, 0.05) is 48.5 Å². The number of anilines is 1. The highest BCUT2D eigenvalue weighted by Gasteiger charge is 2.16. The minimum Gasteiger partial charge on any atom is -0.372 e. The standard InChI is InChI=1S/C30H30ClN5O2/c1-4-36(5-2)23-16-14-21(15-17-23)18-27(33-29(37)25-11-6-8-12-26(25)31)30(38)34-32-19-22-20-35(3)28-13-9-7-10-24(22)28/h6-20H,4-5H2,1-3H3,(H,33,37)(H,34,38)/b27-18-,32-19-. The van der Waals surface area contributed by atoms with Gasteiger partial charge in [-0.1, -0.05) is 54.1 Å². The third-order valence-electron chi connectivity index (χ3n) is 6.24. The average molecular weight is 528 g/mol. The summed E-state index contributed by atoms with van der Waals surface area (Å²) in [7, 11) is 1.95. The number of aryl methyl sites for hydroxylation is 1. The molecular weight excluding hydrogens is 498 g/mol. The van der Waals surface area contributed by atoms with Gasteiger partial charge in [0.15, 0.2) is 0 Å². The van der Waals surface area contributed by atoms with Crippen molar-refractivity contribution < 1.29 is 9.59 Å². The highest BCUT2D eigenvalue weighted by atomic mass is 35.5. The number of hydrogen-bond donors (Lipinski definition) is 2. The lowest BCUT2D eigenvalue weighted by atomic mass is 10.1. The van der Waals surface area contributed by atoms with Crippen LogP contribution in [-0.4, -0.2) is 35.7 Å². The Bertz CT molecular complexity index is 1500. The molecule has 0 fully saturated rings. The molecular formula is C30H30ClN5O2. The van der Waals surface area contributed by atoms with Gasteiger partial charge in [-0.05, 0) is 55.8 Å². The fourth-order valence-electron chi connectivity index (χ4n) is 4.23. The first-order valence-electron chi connectivity index (χ1n) is 12.4. The van der Waals surface area contributed by atoms with E-state index >= 15 is 0 Å². The highest BCUT2D eigenvalue weighted by molar-refractivity contribution is 6.34. The number of rotatable bonds is 9. The maximum absolute atomic E-state index is 13.2. The quantitative estimate of drug-likeness (QED) is 0.169. The summed E-state index contributed by atoms with van der Waals surface area (Å²) in [5, 5.41) is 8.18. The van der Waals surface area contributed by atoms with Gasteiger partial charge in [-0.15, -0.1) is 0 Å². The summed E-state index contributed by atoms with van der Waals surface area (Å²) >= 11 is 6.21. The van der Waals surface area contributed by atoms with Gasteiger partial charge in [0.1, 0.15) is 5.70 Å². The predicted octanol–water partition coefficient (Wildman–Crippen LogP) is 5.60. The Morgan fingerprint density at radius 3 is 2.37 bits per heavy atom. The van der Waals surface area contributed by atoms with Crippen LogP contribution in [0.1, 0.15) is 35.3 Å². The van der Waals surface area contributed by atoms with E-state index in [1.54, 1.807) is 36.6 Å². The SMILES string of the molecule is CCN(CC)c1ccc(/C=C(\NC(=O)c2ccccc2Cl)C(=O)N/N=C\c2cn(C)c3ccccc23)cc1. The number of nitrogens with zero attached hydrogens (tertiary/aromatic N) is 3. The molecule has 2 N–H and O–H groups in total. The van der Waals surface area contributed by atoms with Crippen molar-refractivity contribution >= 4 is 52.3 Å². The zero-order valence-electron chi connectivity index (χ0n) is 21.6. The first-order chi connectivity index (χ1) is 18.4. The van der Waals surface area contributed by atoms with Crippen molar-refractivity contribution in [2.75, 3.05) is 18.0 Å². The first-order valence-corrected chi connectivity index (χ1v) is 12.8. The molecule has 0 bridgehead atoms. The fraction of sp³-hybridized carbons (Fsp3) is 0.167. The number of fused-ring (bicyclic) bond motifs is 1. The lowest BCUT2D eigenvalue weighted by Gasteiger charge is -2.21. The maximum Gasteiger partial charge on any atom is 0.287 e. The molecule has 3 aromatic carbocycles. The van der Waals surface area contributed by atoms with Crippen molar-refractivity contribution in [1.82, 2.24) is 15.3 Å². The van der Waals surface area contributed by atoms with E-state index < -0.39 is 11.8 Å². The number of carbonyl (C=O) groups is 2. The van der Waals surface area contributed by atoms with Crippen LogP contribution in [0.25, 0.3) is 17.0 Å². The molecule has 1 heterocycles. The molecule has 194 valence electrons. The molecule has 0 saturated carbocycles. The largest absolute Gasteiger partial charge is 0.372 e. The number of benzene rings is 3. The molecule has 7 nitrogen and oxygen atoms in total. The number of nitrogens with one attached hydrogen (secondary N) is 2. The molecule has 0 unspecified atom stereocenters. The van der Waals surface area contributed by atoms with E-state index in [4.69, 9.17) is 11.6 Å². The van der Waals surface area contributed by atoms with Crippen LogP contribution in [0.3, 0.4) is 0 Å². The zero-order chi connectivity index (χ0) is 27.1. The van der Waals surface area contributed by atoms with E-state index in [-0.39, 0.29) is 11.3 Å². The van der Waals surface area contributed by atoms with Gasteiger partial charge < -0.3 is 14.8 Å². The summed E-state index contributed by atoms with van der Waals surface area (Å²) in [6, 6.07) is 22.4. The molecule has 0 atom stereocenters. The van der Waals surface area contributed by atoms with Crippen LogP contribution in [0.15, 0.2) is 89.8 Å². The third-order valence-corrected chi connectivity index (χ3v) is 6.57. The monoisotopic (exact) mass is 527 g/mol. The average Bonchev–Trinajstić information content (AvgIpc) is 3.25. The second kappa shape index (κ2) is 12.3. The number of para-hydroxylation sites is 1. The van der Waals surface area contributed by atoms with E-state index in [0.717, 1.165) is 40.8 Å². The number of hydrazone groups is 1. The Morgan fingerprint density at radius 2 is 1.66 bits per heavy atom. The summed E-state index contributed by atoms with van der Waals surface area (Å²) in [5.74, 6) is -1.05. The third kappa shape index (κ3) is 6.12. The molecule has 0 radical (unpaired) electrons. The topological polar surface area (TPSA) is 78.7 Å². The lowest BCUT2D eigenvalue weighted by Crippen LogP contribution is -2.33. The summed E-state index contributed by atoms with van der Waals surface area (Å²) in [5.41, 5.74) is 6.60. The Morgan fingerprint density at radius 1 is 0.974 bits per heavy atom. The molecule has 38 heavy (non-hydrogen) atoms. The molecule has 0 spiro atoms. The summed E-state index contributed by atoms with van der Waals surface area (Å²) in [6.45, 7) is 5.98. The van der Waals surface area contributed by atoms with Crippen LogP contribution in [0.2, 0.25) is 5.02 Å². The van der Waals surface area contributed by atoms with Crippen molar-refractivity contribution in [2.45, 2.75) is 13.8 Å². The van der Waals surface area contributed by atoms with Crippen LogP contribution >= 0.6 is 11.6 Å². The van der Waals surface area contributed by atoms with E-state index in [1.165, 1.54) is 0 Å². The zero-order valence-corrected chi connectivity index (χ0v) is 22.4. The Labute approximate surface area is 227 Å². The second-order valence-corrected chi connectivity index (χ2v) is 9.07. The minimum absolute atomic E-state index is 0.0422. The van der Waals surface area contributed by atoms with Crippen molar-refractivity contribution in [3.8, 4) is 0 Å². The molecule has 2 amide bonds. The smallest absolute Gasteiger partial charge is 0.287 e. The Balaban J connectivity index is 1.59. The van der Waals surface area contributed by atoms with Gasteiger partial charge in [-0.25, -0.2) is 5.43 Å². The first kappa shape index (κ1) is 26.7. The molecule has 0 aliphatic rings. The van der Waals surface area contributed by atoms with E-state index in [1.807, 2.05) is 66.3 Å². The van der Waals surface area contributed by atoms with E-state index in [2.05, 4.69) is 34.6 Å². The van der Waals surface area contributed by atoms with Gasteiger partial charge in [-0.2, -0.15) is 5.10 Å². The minimum atomic E-state index is -0.560. The van der Waals surface area contributed by atoms with E-state index in [9.17, 15) is 9.59 Å². The van der Waals surface area contributed by atoms with E-state index in [0.29, 0.717) is 5.02 Å². The van der Waals surface area contributed by atoms with Crippen molar-refractivity contribution in [2.24, 2.45) is 12.1 Å². The maximum atomic E-state index is 13.2. The summed E-state index contributed by atoms with van der Waals surface area (Å²) in [6.07, 6.45) is 5.14. The molecule has 0 saturated heterocycles. The molecule has 4 aromatic rings. The van der Waals surface area contributed by atoms with Gasteiger partial charge in [0.05, 0.1) is 16.8 Å². The van der Waals surface area contributed by atoms with Crippen LogP contribution in [0.4, 0.5) is 5.69 Å². The van der Waals surface area contributed by atoms with Gasteiger partial charge >= 0.3 is 0 Å². The Hall–Kier alpha value is -4.36. The number of hydrogen-bond acceptors (Lipinski definition) is 4.